The summed E-state index contributed by atoms with van der Waals surface area (Å²) in [5, 5.41) is 3.86. The van der Waals surface area contributed by atoms with Gasteiger partial charge in [-0.1, -0.05) is 29.8 Å². The quantitative estimate of drug-likeness (QED) is 0.896. The van der Waals surface area contributed by atoms with E-state index in [9.17, 15) is 4.79 Å². The molecule has 108 valence electrons. The number of hydrogen-bond acceptors (Lipinski definition) is 3. The van der Waals surface area contributed by atoms with Gasteiger partial charge >= 0.3 is 0 Å². The van der Waals surface area contributed by atoms with Crippen molar-refractivity contribution in [2.24, 2.45) is 5.73 Å². The number of primary amides is 1. The maximum atomic E-state index is 11.4. The van der Waals surface area contributed by atoms with E-state index in [0.29, 0.717) is 10.6 Å². The number of anilines is 1. The van der Waals surface area contributed by atoms with Crippen molar-refractivity contribution in [3.8, 4) is 0 Å². The molecule has 1 heterocycles. The molecule has 21 heavy (non-hydrogen) atoms. The summed E-state index contributed by atoms with van der Waals surface area (Å²) in [4.78, 5) is 12.7. The van der Waals surface area contributed by atoms with Crippen molar-refractivity contribution in [1.29, 1.82) is 0 Å². The Morgan fingerprint density at radius 1 is 1.29 bits per heavy atom. The maximum Gasteiger partial charge on any atom is 0.250 e. The number of hydrogen-bond donors (Lipinski definition) is 2. The van der Waals surface area contributed by atoms with Gasteiger partial charge < -0.3 is 11.1 Å². The SMILES string of the molecule is NC(=O)c1cc(NC2CCSc3ccccc32)ccc1Cl. The van der Waals surface area contributed by atoms with Gasteiger partial charge in [0.15, 0.2) is 0 Å². The number of nitrogens with two attached hydrogens (primary N) is 1. The predicted octanol–water partition coefficient (Wildman–Crippen LogP) is 4.09. The molecule has 5 heteroatoms. The van der Waals surface area contributed by atoms with E-state index >= 15 is 0 Å². The number of amides is 1. The highest BCUT2D eigenvalue weighted by Crippen LogP contribution is 2.38. The highest BCUT2D eigenvalue weighted by atomic mass is 35.5. The number of thioether (sulfide) groups is 1. The lowest BCUT2D eigenvalue weighted by Gasteiger charge is -2.27. The molecular weight excluding hydrogens is 304 g/mol. The lowest BCUT2D eigenvalue weighted by Crippen LogP contribution is -2.17. The van der Waals surface area contributed by atoms with Gasteiger partial charge in [0.2, 0.25) is 5.91 Å². The average Bonchev–Trinajstić information content (AvgIpc) is 2.49. The van der Waals surface area contributed by atoms with Gasteiger partial charge in [-0.15, -0.1) is 11.8 Å². The molecule has 0 aliphatic carbocycles. The first-order valence-corrected chi connectivity index (χ1v) is 8.09. The van der Waals surface area contributed by atoms with E-state index in [1.54, 1.807) is 12.1 Å². The topological polar surface area (TPSA) is 55.1 Å². The van der Waals surface area contributed by atoms with Crippen LogP contribution in [0.25, 0.3) is 0 Å². The molecule has 1 aliphatic rings. The van der Waals surface area contributed by atoms with Crippen LogP contribution >= 0.6 is 23.4 Å². The molecular formula is C16H15ClN2OS. The summed E-state index contributed by atoms with van der Waals surface area (Å²) in [7, 11) is 0. The molecule has 0 saturated heterocycles. The second-order valence-corrected chi connectivity index (χ2v) is 6.47. The molecule has 0 saturated carbocycles. The Bertz CT molecular complexity index is 690. The molecule has 1 amide bonds. The Hall–Kier alpha value is -1.65. The molecule has 0 radical (unpaired) electrons. The molecule has 0 spiro atoms. The van der Waals surface area contributed by atoms with E-state index in [2.05, 4.69) is 29.6 Å². The van der Waals surface area contributed by atoms with Crippen molar-refractivity contribution in [3.63, 3.8) is 0 Å². The monoisotopic (exact) mass is 318 g/mol. The summed E-state index contributed by atoms with van der Waals surface area (Å²) < 4.78 is 0. The molecule has 3 rings (SSSR count). The van der Waals surface area contributed by atoms with Gasteiger partial charge in [0.25, 0.3) is 0 Å². The third-order valence-corrected chi connectivity index (χ3v) is 4.98. The number of rotatable bonds is 3. The van der Waals surface area contributed by atoms with Crippen LogP contribution in [0.1, 0.15) is 28.4 Å². The van der Waals surface area contributed by atoms with E-state index in [0.717, 1.165) is 17.9 Å². The van der Waals surface area contributed by atoms with Crippen LogP contribution in [-0.2, 0) is 0 Å². The van der Waals surface area contributed by atoms with Gasteiger partial charge in [-0.05, 0) is 36.2 Å². The van der Waals surface area contributed by atoms with E-state index < -0.39 is 5.91 Å². The normalized spacial score (nSPS) is 17.1. The highest BCUT2D eigenvalue weighted by Gasteiger charge is 2.20. The Morgan fingerprint density at radius 2 is 2.10 bits per heavy atom. The fourth-order valence-electron chi connectivity index (χ4n) is 2.50. The van der Waals surface area contributed by atoms with Gasteiger partial charge in [0.1, 0.15) is 0 Å². The van der Waals surface area contributed by atoms with Crippen LogP contribution in [-0.4, -0.2) is 11.7 Å². The largest absolute Gasteiger partial charge is 0.378 e. The fourth-order valence-corrected chi connectivity index (χ4v) is 3.83. The molecule has 0 aromatic heterocycles. The van der Waals surface area contributed by atoms with Crippen molar-refractivity contribution in [2.45, 2.75) is 17.4 Å². The van der Waals surface area contributed by atoms with Crippen LogP contribution < -0.4 is 11.1 Å². The lowest BCUT2D eigenvalue weighted by atomic mass is 10.0. The summed E-state index contributed by atoms with van der Waals surface area (Å²) >= 11 is 7.86. The molecule has 3 N–H and O–H groups in total. The zero-order chi connectivity index (χ0) is 14.8. The van der Waals surface area contributed by atoms with Crippen LogP contribution in [0.2, 0.25) is 5.02 Å². The van der Waals surface area contributed by atoms with Crippen molar-refractivity contribution < 1.29 is 4.79 Å². The smallest absolute Gasteiger partial charge is 0.250 e. The van der Waals surface area contributed by atoms with Crippen LogP contribution in [0.5, 0.6) is 0 Å². The molecule has 1 aliphatic heterocycles. The molecule has 2 aromatic rings. The second kappa shape index (κ2) is 6.00. The first kappa shape index (κ1) is 14.3. The van der Waals surface area contributed by atoms with E-state index in [4.69, 9.17) is 17.3 Å². The van der Waals surface area contributed by atoms with Gasteiger partial charge in [-0.25, -0.2) is 0 Å². The Balaban J connectivity index is 1.88. The molecule has 3 nitrogen and oxygen atoms in total. The van der Waals surface area contributed by atoms with Crippen molar-refractivity contribution in [3.05, 3.63) is 58.6 Å². The number of benzene rings is 2. The summed E-state index contributed by atoms with van der Waals surface area (Å²) in [6.45, 7) is 0. The average molecular weight is 319 g/mol. The Morgan fingerprint density at radius 3 is 2.90 bits per heavy atom. The number of halogens is 1. The maximum absolute atomic E-state index is 11.4. The van der Waals surface area contributed by atoms with Crippen LogP contribution in [0.15, 0.2) is 47.4 Å². The predicted molar refractivity (Wildman–Crippen MR) is 88.1 cm³/mol. The fraction of sp³-hybridized carbons (Fsp3) is 0.188. The summed E-state index contributed by atoms with van der Waals surface area (Å²) in [6, 6.07) is 13.9. The number of carbonyl (C=O) groups is 1. The van der Waals surface area contributed by atoms with Crippen LogP contribution in [0, 0.1) is 0 Å². The molecule has 1 unspecified atom stereocenters. The number of fused-ring (bicyclic) bond motifs is 1. The summed E-state index contributed by atoms with van der Waals surface area (Å²) in [6.07, 6.45) is 1.04. The zero-order valence-electron chi connectivity index (χ0n) is 11.3. The minimum Gasteiger partial charge on any atom is -0.378 e. The van der Waals surface area contributed by atoms with E-state index in [-0.39, 0.29) is 6.04 Å². The van der Waals surface area contributed by atoms with Gasteiger partial charge in [-0.3, -0.25) is 4.79 Å². The number of nitrogens with one attached hydrogen (secondary N) is 1. The van der Waals surface area contributed by atoms with Crippen LogP contribution in [0.4, 0.5) is 5.69 Å². The van der Waals surface area contributed by atoms with E-state index in [1.165, 1.54) is 10.5 Å². The third kappa shape index (κ3) is 3.01. The first-order chi connectivity index (χ1) is 10.1. The minimum absolute atomic E-state index is 0.240. The highest BCUT2D eigenvalue weighted by molar-refractivity contribution is 7.99. The zero-order valence-corrected chi connectivity index (χ0v) is 12.9. The third-order valence-electron chi connectivity index (χ3n) is 3.53. The number of carbonyl (C=O) groups excluding carboxylic acids is 1. The van der Waals surface area contributed by atoms with Gasteiger partial charge in [-0.2, -0.15) is 0 Å². The molecule has 2 aromatic carbocycles. The summed E-state index contributed by atoms with van der Waals surface area (Å²) in [5.74, 6) is 0.563. The van der Waals surface area contributed by atoms with Crippen molar-refractivity contribution in [2.75, 3.05) is 11.1 Å². The summed E-state index contributed by atoms with van der Waals surface area (Å²) in [5.41, 5.74) is 7.84. The first-order valence-electron chi connectivity index (χ1n) is 6.73. The molecule has 0 bridgehead atoms. The minimum atomic E-state index is -0.511. The molecule has 1 atom stereocenters. The van der Waals surface area contributed by atoms with Crippen LogP contribution in [0.3, 0.4) is 0 Å². The Kier molecular flexibility index (Phi) is 4.08. The van der Waals surface area contributed by atoms with Gasteiger partial charge in [0.05, 0.1) is 16.6 Å². The Labute approximate surface area is 132 Å². The molecule has 0 fully saturated rings. The van der Waals surface area contributed by atoms with E-state index in [1.807, 2.05) is 17.8 Å². The standard InChI is InChI=1S/C16H15ClN2OS/c17-13-6-5-10(9-12(13)16(18)20)19-14-7-8-21-15-4-2-1-3-11(14)15/h1-6,9,14,19H,7-8H2,(H2,18,20). The van der Waals surface area contributed by atoms with Crippen molar-refractivity contribution >= 4 is 35.0 Å². The lowest BCUT2D eigenvalue weighted by molar-refractivity contribution is 0.100. The van der Waals surface area contributed by atoms with Gasteiger partial charge in [0, 0.05) is 16.3 Å². The second-order valence-electron chi connectivity index (χ2n) is 4.93. The van der Waals surface area contributed by atoms with Crippen molar-refractivity contribution in [1.82, 2.24) is 0 Å².